The Morgan fingerprint density at radius 1 is 1.41 bits per heavy atom. The average Bonchev–Trinajstić information content (AvgIpc) is 3.24. The Hall–Kier alpha value is -2.71. The molecular weight excluding hydrogens is 356 g/mol. The van der Waals surface area contributed by atoms with Crippen molar-refractivity contribution in [1.82, 2.24) is 24.8 Å². The van der Waals surface area contributed by atoms with Crippen molar-refractivity contribution in [2.45, 2.75) is 51.1 Å². The number of alkyl halides is 2. The lowest BCUT2D eigenvalue weighted by atomic mass is 9.91. The minimum Gasteiger partial charge on any atom is -0.443 e. The summed E-state index contributed by atoms with van der Waals surface area (Å²) in [6.45, 7) is 1.12. The molecule has 1 aliphatic carbocycles. The zero-order valence-corrected chi connectivity index (χ0v) is 14.9. The highest BCUT2D eigenvalue weighted by Gasteiger charge is 2.27. The zero-order valence-electron chi connectivity index (χ0n) is 14.9. The maximum atomic E-state index is 12.1. The quantitative estimate of drug-likeness (QED) is 0.726. The lowest BCUT2D eigenvalue weighted by molar-refractivity contribution is 0.0467. The number of nitrogens with zero attached hydrogens (tertiary/aromatic N) is 3. The molecule has 3 aromatic heterocycles. The number of aryl methyl sites for hydroxylation is 1. The molecule has 0 aliphatic heterocycles. The molecule has 3 aromatic rings. The minimum absolute atomic E-state index is 0.0598. The molecule has 1 amide bonds. The second-order valence-corrected chi connectivity index (χ2v) is 6.90. The third kappa shape index (κ3) is 3.45. The molecule has 0 spiro atoms. The van der Waals surface area contributed by atoms with Crippen LogP contribution in [-0.4, -0.2) is 44.7 Å². The second-order valence-electron chi connectivity index (χ2n) is 6.90. The first kappa shape index (κ1) is 17.7. The number of ether oxygens (including phenoxy) is 1. The summed E-state index contributed by atoms with van der Waals surface area (Å²) in [7, 11) is 0. The first-order valence-electron chi connectivity index (χ1n) is 9.05. The molecule has 0 unspecified atom stereocenters. The van der Waals surface area contributed by atoms with Crippen LogP contribution in [0.3, 0.4) is 0 Å². The van der Waals surface area contributed by atoms with Gasteiger partial charge in [-0.2, -0.15) is 0 Å². The molecular formula is C18H21F2N5O2. The molecule has 3 heterocycles. The molecule has 2 N–H and O–H groups in total. The van der Waals surface area contributed by atoms with Crippen molar-refractivity contribution in [3.8, 4) is 0 Å². The van der Waals surface area contributed by atoms with Gasteiger partial charge >= 0.3 is 6.09 Å². The van der Waals surface area contributed by atoms with Crippen LogP contribution in [0.2, 0.25) is 0 Å². The average molecular weight is 377 g/mol. The Kier molecular flexibility index (Phi) is 4.67. The Bertz CT molecular complexity index is 959. The van der Waals surface area contributed by atoms with Crippen LogP contribution in [0.15, 0.2) is 18.5 Å². The number of hydrogen-bond donors (Lipinski definition) is 2. The van der Waals surface area contributed by atoms with E-state index in [1.165, 1.54) is 0 Å². The van der Waals surface area contributed by atoms with E-state index in [1.54, 1.807) is 6.20 Å². The maximum Gasteiger partial charge on any atom is 0.407 e. The van der Waals surface area contributed by atoms with Gasteiger partial charge in [0.25, 0.3) is 6.43 Å². The minimum atomic E-state index is -2.65. The van der Waals surface area contributed by atoms with E-state index in [9.17, 15) is 13.6 Å². The largest absolute Gasteiger partial charge is 0.443 e. The number of aromatic amines is 1. The summed E-state index contributed by atoms with van der Waals surface area (Å²) in [4.78, 5) is 23.8. The Morgan fingerprint density at radius 3 is 2.93 bits per heavy atom. The number of halogens is 2. The van der Waals surface area contributed by atoms with E-state index in [0.29, 0.717) is 0 Å². The molecule has 4 rings (SSSR count). The molecule has 1 fully saturated rings. The van der Waals surface area contributed by atoms with Gasteiger partial charge in [0.2, 0.25) is 0 Å². The highest BCUT2D eigenvalue weighted by molar-refractivity contribution is 6.01. The molecule has 0 aromatic carbocycles. The highest BCUT2D eigenvalue weighted by Crippen LogP contribution is 2.34. The monoisotopic (exact) mass is 377 g/mol. The summed E-state index contributed by atoms with van der Waals surface area (Å²) in [5.74, 6) is 0.938. The van der Waals surface area contributed by atoms with E-state index < -0.39 is 19.1 Å². The highest BCUT2D eigenvalue weighted by atomic mass is 19.3. The molecule has 0 saturated heterocycles. The number of hydrogen-bond acceptors (Lipinski definition) is 4. The van der Waals surface area contributed by atoms with Crippen LogP contribution in [0.4, 0.5) is 13.6 Å². The summed E-state index contributed by atoms with van der Waals surface area (Å²) in [6.07, 6.45) is 3.47. The fourth-order valence-electron chi connectivity index (χ4n) is 3.98. The van der Waals surface area contributed by atoms with Crippen LogP contribution in [0.1, 0.15) is 37.5 Å². The van der Waals surface area contributed by atoms with Crippen LogP contribution in [0.25, 0.3) is 22.1 Å². The van der Waals surface area contributed by atoms with Crippen molar-refractivity contribution in [2.75, 3.05) is 6.61 Å². The van der Waals surface area contributed by atoms with Gasteiger partial charge in [-0.15, -0.1) is 0 Å². The van der Waals surface area contributed by atoms with Crippen molar-refractivity contribution in [1.29, 1.82) is 0 Å². The molecule has 9 heteroatoms. The van der Waals surface area contributed by atoms with Gasteiger partial charge in [0.1, 0.15) is 17.0 Å². The third-order valence-electron chi connectivity index (χ3n) is 5.13. The second kappa shape index (κ2) is 7.13. The van der Waals surface area contributed by atoms with Crippen molar-refractivity contribution in [2.24, 2.45) is 0 Å². The van der Waals surface area contributed by atoms with Crippen LogP contribution in [-0.2, 0) is 4.74 Å². The first-order valence-corrected chi connectivity index (χ1v) is 9.05. The standard InChI is InChI=1S/C18H21F2N5O2/c1-10-23-14-8-22-17-13(6-7-21-17)16(14)25(10)12-4-2-11(3-5-12)24-18(26)27-9-15(19)20/h6-8,11-12,15H,2-5,9H2,1H3,(H,21,22)(H,24,26). The van der Waals surface area contributed by atoms with Gasteiger partial charge in [-0.05, 0) is 38.7 Å². The number of pyridine rings is 1. The number of H-pyrrole nitrogens is 1. The molecule has 0 bridgehead atoms. The Labute approximate surface area is 154 Å². The van der Waals surface area contributed by atoms with Crippen LogP contribution in [0.5, 0.6) is 0 Å². The van der Waals surface area contributed by atoms with Crippen molar-refractivity contribution in [3.05, 3.63) is 24.3 Å². The third-order valence-corrected chi connectivity index (χ3v) is 5.13. The predicted octanol–water partition coefficient (Wildman–Crippen LogP) is 3.70. The normalized spacial score (nSPS) is 20.4. The maximum absolute atomic E-state index is 12.1. The number of imidazole rings is 1. The molecule has 0 atom stereocenters. The van der Waals surface area contributed by atoms with Crippen molar-refractivity contribution in [3.63, 3.8) is 0 Å². The van der Waals surface area contributed by atoms with E-state index in [0.717, 1.165) is 53.6 Å². The zero-order chi connectivity index (χ0) is 19.0. The first-order chi connectivity index (χ1) is 13.0. The van der Waals surface area contributed by atoms with Gasteiger partial charge in [-0.25, -0.2) is 23.5 Å². The predicted molar refractivity (Wildman–Crippen MR) is 95.9 cm³/mol. The van der Waals surface area contributed by atoms with E-state index in [4.69, 9.17) is 0 Å². The van der Waals surface area contributed by atoms with Crippen molar-refractivity contribution < 1.29 is 18.3 Å². The van der Waals surface area contributed by atoms with Crippen LogP contribution < -0.4 is 5.32 Å². The summed E-state index contributed by atoms with van der Waals surface area (Å²) >= 11 is 0. The number of aromatic nitrogens is 4. The molecule has 7 nitrogen and oxygen atoms in total. The summed E-state index contributed by atoms with van der Waals surface area (Å²) in [6, 6.07) is 2.22. The molecule has 1 saturated carbocycles. The van der Waals surface area contributed by atoms with Gasteiger partial charge in [0.05, 0.1) is 11.7 Å². The molecule has 144 valence electrons. The SMILES string of the molecule is Cc1nc2cnc3[nH]ccc3c2n1C1CCC(NC(=O)OCC(F)F)CC1. The number of carbonyl (C=O) groups is 1. The van der Waals surface area contributed by atoms with Gasteiger partial charge < -0.3 is 19.6 Å². The van der Waals surface area contributed by atoms with Gasteiger partial charge in [0, 0.05) is 23.7 Å². The molecule has 0 radical (unpaired) electrons. The number of carbonyl (C=O) groups excluding carboxylic acids is 1. The molecule has 27 heavy (non-hydrogen) atoms. The van der Waals surface area contributed by atoms with Crippen LogP contribution >= 0.6 is 0 Å². The topological polar surface area (TPSA) is 84.8 Å². The smallest absolute Gasteiger partial charge is 0.407 e. The Morgan fingerprint density at radius 2 is 2.19 bits per heavy atom. The van der Waals surface area contributed by atoms with Gasteiger partial charge in [0.15, 0.2) is 6.61 Å². The fraction of sp³-hybridized carbons (Fsp3) is 0.500. The Balaban J connectivity index is 1.48. The van der Waals surface area contributed by atoms with E-state index >= 15 is 0 Å². The lowest BCUT2D eigenvalue weighted by Crippen LogP contribution is -2.38. The lowest BCUT2D eigenvalue weighted by Gasteiger charge is -2.30. The summed E-state index contributed by atoms with van der Waals surface area (Å²) in [5.41, 5.74) is 2.78. The fourth-order valence-corrected chi connectivity index (χ4v) is 3.98. The number of amides is 1. The number of fused-ring (bicyclic) bond motifs is 3. The number of alkyl carbamates (subject to hydrolysis) is 1. The van der Waals surface area contributed by atoms with Gasteiger partial charge in [-0.3, -0.25) is 0 Å². The number of rotatable bonds is 4. The summed E-state index contributed by atoms with van der Waals surface area (Å²) in [5, 5.41) is 3.73. The van der Waals surface area contributed by atoms with E-state index in [-0.39, 0.29) is 12.1 Å². The van der Waals surface area contributed by atoms with E-state index in [1.807, 2.05) is 19.2 Å². The van der Waals surface area contributed by atoms with E-state index in [2.05, 4.69) is 29.6 Å². The van der Waals surface area contributed by atoms with Crippen molar-refractivity contribution >= 4 is 28.2 Å². The van der Waals surface area contributed by atoms with Gasteiger partial charge in [-0.1, -0.05) is 0 Å². The van der Waals surface area contributed by atoms with Crippen LogP contribution in [0, 0.1) is 6.92 Å². The molecule has 1 aliphatic rings. The number of nitrogens with one attached hydrogen (secondary N) is 2. The summed E-state index contributed by atoms with van der Waals surface area (Å²) < 4.78 is 31.0.